The predicted molar refractivity (Wildman–Crippen MR) is 108 cm³/mol. The van der Waals surface area contributed by atoms with Gasteiger partial charge in [-0.05, 0) is 61.0 Å². The van der Waals surface area contributed by atoms with Crippen LogP contribution in [0.15, 0.2) is 41.3 Å². The van der Waals surface area contributed by atoms with E-state index in [1.165, 1.54) is 0 Å². The Balaban J connectivity index is 2.00. The number of hydrogen-bond acceptors (Lipinski definition) is 7. The Bertz CT molecular complexity index is 886. The van der Waals surface area contributed by atoms with Gasteiger partial charge in [-0.1, -0.05) is 12.1 Å². The first-order valence-electron chi connectivity index (χ1n) is 8.54. The summed E-state index contributed by atoms with van der Waals surface area (Å²) in [7, 11) is 0. The van der Waals surface area contributed by atoms with Crippen molar-refractivity contribution in [3.63, 3.8) is 0 Å². The van der Waals surface area contributed by atoms with Crippen molar-refractivity contribution in [3.8, 4) is 5.40 Å². The van der Waals surface area contributed by atoms with Gasteiger partial charge in [0.1, 0.15) is 5.40 Å². The zero-order valence-corrected chi connectivity index (χ0v) is 16.4. The number of amides is 1. The number of aryl methyl sites for hydroxylation is 2. The summed E-state index contributed by atoms with van der Waals surface area (Å²) >= 11 is 1.05. The molecule has 0 saturated heterocycles. The van der Waals surface area contributed by atoms with Gasteiger partial charge in [0, 0.05) is 22.8 Å². The summed E-state index contributed by atoms with van der Waals surface area (Å²) < 4.78 is 5.12. The molecule has 1 amide bonds. The minimum Gasteiger partial charge on any atom is -0.452 e. The molecule has 0 aliphatic heterocycles. The van der Waals surface area contributed by atoms with Crippen molar-refractivity contribution < 1.29 is 19.4 Å². The highest BCUT2D eigenvalue weighted by Crippen LogP contribution is 2.27. The van der Waals surface area contributed by atoms with Crippen LogP contribution < -0.4 is 10.6 Å². The lowest BCUT2D eigenvalue weighted by Crippen LogP contribution is -2.22. The number of esters is 1. The third kappa shape index (κ3) is 5.74. The summed E-state index contributed by atoms with van der Waals surface area (Å²) in [6.45, 7) is 3.46. The van der Waals surface area contributed by atoms with Gasteiger partial charge in [-0.25, -0.2) is 4.79 Å². The number of carbonyl (C=O) groups is 2. The molecule has 0 aromatic heterocycles. The number of rotatable bonds is 8. The maximum atomic E-state index is 12.3. The first kappa shape index (κ1) is 21.3. The third-order valence-electron chi connectivity index (χ3n) is 3.84. The van der Waals surface area contributed by atoms with Gasteiger partial charge in [-0.3, -0.25) is 4.79 Å². The van der Waals surface area contributed by atoms with Crippen molar-refractivity contribution in [2.75, 3.05) is 30.4 Å². The second-order valence-electron chi connectivity index (χ2n) is 5.95. The number of benzene rings is 2. The summed E-state index contributed by atoms with van der Waals surface area (Å²) in [6.07, 6.45) is 0. The van der Waals surface area contributed by atoms with Gasteiger partial charge in [0.15, 0.2) is 6.61 Å². The fourth-order valence-corrected chi connectivity index (χ4v) is 3.20. The topological polar surface area (TPSA) is 111 Å². The van der Waals surface area contributed by atoms with Gasteiger partial charge in [0.25, 0.3) is 5.91 Å². The van der Waals surface area contributed by atoms with Crippen molar-refractivity contribution >= 4 is 35.0 Å². The fourth-order valence-electron chi connectivity index (χ4n) is 2.62. The van der Waals surface area contributed by atoms with Crippen LogP contribution >= 0.6 is 11.8 Å². The molecule has 0 bridgehead atoms. The lowest BCUT2D eigenvalue weighted by atomic mass is 10.1. The van der Waals surface area contributed by atoms with E-state index in [9.17, 15) is 9.59 Å². The van der Waals surface area contributed by atoms with E-state index >= 15 is 0 Å². The van der Waals surface area contributed by atoms with Gasteiger partial charge in [-0.2, -0.15) is 5.26 Å². The number of nitrogens with zero attached hydrogens (tertiary/aromatic N) is 1. The van der Waals surface area contributed by atoms with Crippen molar-refractivity contribution in [1.82, 2.24) is 0 Å². The smallest absolute Gasteiger partial charge is 0.340 e. The Morgan fingerprint density at radius 1 is 1.21 bits per heavy atom. The molecule has 2 aromatic rings. The molecule has 0 heterocycles. The van der Waals surface area contributed by atoms with E-state index in [1.54, 1.807) is 24.3 Å². The number of aliphatic hydroxyl groups excluding tert-OH is 1. The summed E-state index contributed by atoms with van der Waals surface area (Å²) in [4.78, 5) is 25.3. The minimum atomic E-state index is -0.634. The van der Waals surface area contributed by atoms with Crippen molar-refractivity contribution in [3.05, 3.63) is 53.1 Å². The lowest BCUT2D eigenvalue weighted by molar-refractivity contribution is -0.119. The summed E-state index contributed by atoms with van der Waals surface area (Å²) in [5, 5.41) is 25.4. The molecule has 7 nitrogen and oxygen atoms in total. The van der Waals surface area contributed by atoms with Crippen LogP contribution in [0.3, 0.4) is 0 Å². The molecule has 0 aliphatic carbocycles. The summed E-state index contributed by atoms with van der Waals surface area (Å²) in [5.41, 5.74) is 3.08. The number of carbonyl (C=O) groups excluding carboxylic acids is 2. The van der Waals surface area contributed by atoms with E-state index in [0.29, 0.717) is 17.9 Å². The highest BCUT2D eigenvalue weighted by atomic mass is 32.2. The molecule has 2 rings (SSSR count). The zero-order valence-electron chi connectivity index (χ0n) is 15.6. The van der Waals surface area contributed by atoms with Gasteiger partial charge in [-0.15, -0.1) is 0 Å². The molecule has 146 valence electrons. The summed E-state index contributed by atoms with van der Waals surface area (Å²) in [5.74, 6) is -1.09. The van der Waals surface area contributed by atoms with Gasteiger partial charge < -0.3 is 20.5 Å². The van der Waals surface area contributed by atoms with Crippen molar-refractivity contribution in [2.24, 2.45) is 0 Å². The number of anilines is 2. The largest absolute Gasteiger partial charge is 0.452 e. The van der Waals surface area contributed by atoms with Crippen LogP contribution in [-0.4, -0.2) is 36.7 Å². The van der Waals surface area contributed by atoms with Crippen LogP contribution in [0.2, 0.25) is 0 Å². The average Bonchev–Trinajstić information content (AvgIpc) is 2.68. The van der Waals surface area contributed by atoms with Crippen LogP contribution in [0.4, 0.5) is 11.4 Å². The molecule has 0 radical (unpaired) electrons. The number of ether oxygens (including phenoxy) is 1. The number of para-hydroxylation sites is 1. The molecule has 0 unspecified atom stereocenters. The second kappa shape index (κ2) is 10.3. The van der Waals surface area contributed by atoms with E-state index in [1.807, 2.05) is 31.4 Å². The first-order chi connectivity index (χ1) is 13.5. The van der Waals surface area contributed by atoms with Crippen LogP contribution in [-0.2, 0) is 9.53 Å². The SMILES string of the molecule is Cc1cc(SC#N)cc(C)c1NC(=O)COC(=O)c1ccccc1NCCO. The van der Waals surface area contributed by atoms with Crippen molar-refractivity contribution in [2.45, 2.75) is 18.7 Å². The maximum absolute atomic E-state index is 12.3. The second-order valence-corrected chi connectivity index (χ2v) is 6.80. The third-order valence-corrected chi connectivity index (χ3v) is 4.41. The van der Waals surface area contributed by atoms with Crippen LogP contribution in [0.5, 0.6) is 0 Å². The standard InChI is InChI=1S/C20H21N3O4S/c1-13-9-15(28-12-21)10-14(2)19(13)23-18(25)11-27-20(26)16-5-3-4-6-17(16)22-7-8-24/h3-6,9-10,22,24H,7-8,11H2,1-2H3,(H,23,25). The molecule has 0 fully saturated rings. The average molecular weight is 399 g/mol. The molecule has 28 heavy (non-hydrogen) atoms. The Hall–Kier alpha value is -3.02. The van der Waals surface area contributed by atoms with E-state index in [-0.39, 0.29) is 12.2 Å². The Morgan fingerprint density at radius 2 is 1.89 bits per heavy atom. The molecular formula is C20H21N3O4S. The van der Waals surface area contributed by atoms with Gasteiger partial charge in [0.2, 0.25) is 0 Å². The van der Waals surface area contributed by atoms with Crippen LogP contribution in [0.25, 0.3) is 0 Å². The van der Waals surface area contributed by atoms with E-state index in [4.69, 9.17) is 15.1 Å². The van der Waals surface area contributed by atoms with Gasteiger partial charge >= 0.3 is 5.97 Å². The molecular weight excluding hydrogens is 378 g/mol. The monoisotopic (exact) mass is 399 g/mol. The first-order valence-corrected chi connectivity index (χ1v) is 9.35. The predicted octanol–water partition coefficient (Wildman–Crippen LogP) is 3.08. The molecule has 0 spiro atoms. The number of aliphatic hydroxyl groups is 1. The zero-order chi connectivity index (χ0) is 20.5. The Labute approximate surface area is 167 Å². The number of nitriles is 1. The fraction of sp³-hybridized carbons (Fsp3) is 0.250. The molecule has 2 aromatic carbocycles. The Kier molecular flexibility index (Phi) is 7.87. The number of thioether (sulfide) groups is 1. The van der Waals surface area contributed by atoms with Crippen LogP contribution in [0, 0.1) is 24.5 Å². The Morgan fingerprint density at radius 3 is 2.54 bits per heavy atom. The minimum absolute atomic E-state index is 0.0733. The quantitative estimate of drug-likeness (QED) is 0.355. The molecule has 0 atom stereocenters. The molecule has 0 saturated carbocycles. The molecule has 3 N–H and O–H groups in total. The van der Waals surface area contributed by atoms with E-state index < -0.39 is 18.5 Å². The summed E-state index contributed by atoms with van der Waals surface area (Å²) in [6, 6.07) is 10.3. The van der Waals surface area contributed by atoms with Crippen LogP contribution in [0.1, 0.15) is 21.5 Å². The molecule has 8 heteroatoms. The van der Waals surface area contributed by atoms with E-state index in [0.717, 1.165) is 27.8 Å². The normalized spacial score (nSPS) is 10.1. The van der Waals surface area contributed by atoms with Gasteiger partial charge in [0.05, 0.1) is 12.2 Å². The highest BCUT2D eigenvalue weighted by Gasteiger charge is 2.15. The van der Waals surface area contributed by atoms with Crippen molar-refractivity contribution in [1.29, 1.82) is 5.26 Å². The maximum Gasteiger partial charge on any atom is 0.340 e. The number of nitrogens with one attached hydrogen (secondary N) is 2. The number of hydrogen-bond donors (Lipinski definition) is 3. The highest BCUT2D eigenvalue weighted by molar-refractivity contribution is 8.03. The van der Waals surface area contributed by atoms with E-state index in [2.05, 4.69) is 10.6 Å². The molecule has 0 aliphatic rings. The lowest BCUT2D eigenvalue weighted by Gasteiger charge is -2.14. The number of thiocyanates is 1.